The summed E-state index contributed by atoms with van der Waals surface area (Å²) in [5.74, 6) is -0.265. The van der Waals surface area contributed by atoms with Crippen LogP contribution < -0.4 is 5.73 Å². The first-order chi connectivity index (χ1) is 7.74. The van der Waals surface area contributed by atoms with E-state index in [1.54, 1.807) is 6.07 Å². The molecule has 0 atom stereocenters. The van der Waals surface area contributed by atoms with E-state index in [-0.39, 0.29) is 5.82 Å². The molecule has 0 amide bonds. The molecule has 0 spiro atoms. The second kappa shape index (κ2) is 7.23. The van der Waals surface area contributed by atoms with E-state index in [1.807, 2.05) is 0 Å². The minimum absolute atomic E-state index is 0.265. The molecule has 90 valence electrons. The van der Waals surface area contributed by atoms with Gasteiger partial charge in [0.2, 0.25) is 0 Å². The van der Waals surface area contributed by atoms with Crippen LogP contribution in [0.4, 0.5) is 10.1 Å². The summed E-state index contributed by atoms with van der Waals surface area (Å²) in [4.78, 5) is 0. The van der Waals surface area contributed by atoms with Crippen LogP contribution in [0.3, 0.4) is 0 Å². The summed E-state index contributed by atoms with van der Waals surface area (Å²) >= 11 is 0. The van der Waals surface area contributed by atoms with Gasteiger partial charge in [0.15, 0.2) is 0 Å². The van der Waals surface area contributed by atoms with Gasteiger partial charge < -0.3 is 10.5 Å². The summed E-state index contributed by atoms with van der Waals surface area (Å²) in [6, 6.07) is 4.37. The molecule has 0 bridgehead atoms. The second-order valence-electron chi connectivity index (χ2n) is 3.96. The first-order valence-electron chi connectivity index (χ1n) is 5.85. The molecule has 2 nitrogen and oxygen atoms in total. The first kappa shape index (κ1) is 13.0. The number of unbranched alkanes of at least 4 members (excludes halogenated alkanes) is 3. The Bertz CT molecular complexity index is 315. The molecule has 0 heterocycles. The summed E-state index contributed by atoms with van der Waals surface area (Å²) in [7, 11) is 0. The van der Waals surface area contributed by atoms with E-state index in [9.17, 15) is 4.39 Å². The minimum atomic E-state index is -0.265. The molecule has 0 unspecified atom stereocenters. The Kier molecular flexibility index (Phi) is 5.86. The third kappa shape index (κ3) is 4.62. The Morgan fingerprint density at radius 1 is 1.25 bits per heavy atom. The van der Waals surface area contributed by atoms with E-state index >= 15 is 0 Å². The lowest BCUT2D eigenvalue weighted by atomic mass is 10.2. The smallest absolute Gasteiger partial charge is 0.123 e. The number of nitrogens with two attached hydrogens (primary N) is 1. The van der Waals surface area contributed by atoms with Gasteiger partial charge in [0.25, 0.3) is 0 Å². The van der Waals surface area contributed by atoms with Crippen LogP contribution in [-0.4, -0.2) is 6.61 Å². The van der Waals surface area contributed by atoms with Gasteiger partial charge in [0.05, 0.1) is 6.61 Å². The van der Waals surface area contributed by atoms with E-state index in [2.05, 4.69) is 6.92 Å². The van der Waals surface area contributed by atoms with Crippen LogP contribution in [0.5, 0.6) is 0 Å². The van der Waals surface area contributed by atoms with Gasteiger partial charge >= 0.3 is 0 Å². The van der Waals surface area contributed by atoms with E-state index < -0.39 is 0 Å². The van der Waals surface area contributed by atoms with E-state index in [4.69, 9.17) is 10.5 Å². The van der Waals surface area contributed by atoms with Crippen LogP contribution in [0.1, 0.15) is 38.2 Å². The Morgan fingerprint density at radius 3 is 2.81 bits per heavy atom. The fraction of sp³-hybridized carbons (Fsp3) is 0.538. The van der Waals surface area contributed by atoms with Crippen molar-refractivity contribution in [3.05, 3.63) is 29.6 Å². The normalized spacial score (nSPS) is 10.6. The standard InChI is InChI=1S/C13H20FNO/c1-2-3-4-5-8-16-10-11-9-12(14)6-7-13(11)15/h6-7,9H,2-5,8,10,15H2,1H3. The summed E-state index contributed by atoms with van der Waals surface area (Å²) < 4.78 is 18.4. The first-order valence-corrected chi connectivity index (χ1v) is 5.85. The zero-order chi connectivity index (χ0) is 11.8. The van der Waals surface area contributed by atoms with Crippen LogP contribution in [0.25, 0.3) is 0 Å². The summed E-state index contributed by atoms with van der Waals surface area (Å²) in [5, 5.41) is 0. The molecule has 0 aromatic heterocycles. The highest BCUT2D eigenvalue weighted by Crippen LogP contribution is 2.14. The lowest BCUT2D eigenvalue weighted by molar-refractivity contribution is 0.117. The maximum atomic E-state index is 12.9. The van der Waals surface area contributed by atoms with Crippen LogP contribution in [0, 0.1) is 5.82 Å². The summed E-state index contributed by atoms with van der Waals surface area (Å²) in [5.41, 5.74) is 7.03. The van der Waals surface area contributed by atoms with Crippen molar-refractivity contribution in [3.8, 4) is 0 Å². The average Bonchev–Trinajstić information content (AvgIpc) is 2.28. The maximum absolute atomic E-state index is 12.9. The fourth-order valence-corrected chi connectivity index (χ4v) is 1.51. The van der Waals surface area contributed by atoms with Crippen molar-refractivity contribution in [2.24, 2.45) is 0 Å². The zero-order valence-corrected chi connectivity index (χ0v) is 9.84. The Hall–Kier alpha value is -1.09. The number of hydrogen-bond donors (Lipinski definition) is 1. The number of anilines is 1. The topological polar surface area (TPSA) is 35.2 Å². The quantitative estimate of drug-likeness (QED) is 0.569. The molecule has 2 N–H and O–H groups in total. The third-order valence-corrected chi connectivity index (χ3v) is 2.50. The Labute approximate surface area is 96.6 Å². The summed E-state index contributed by atoms with van der Waals surface area (Å²) in [6.45, 7) is 3.29. The predicted molar refractivity (Wildman–Crippen MR) is 64.6 cm³/mol. The van der Waals surface area contributed by atoms with Crippen molar-refractivity contribution >= 4 is 5.69 Å². The highest BCUT2D eigenvalue weighted by molar-refractivity contribution is 5.46. The van der Waals surface area contributed by atoms with Crippen molar-refractivity contribution in [1.82, 2.24) is 0 Å². The molecule has 16 heavy (non-hydrogen) atoms. The molecule has 3 heteroatoms. The molecule has 0 fully saturated rings. The van der Waals surface area contributed by atoms with Gasteiger partial charge in [-0.2, -0.15) is 0 Å². The molecule has 0 aliphatic carbocycles. The second-order valence-corrected chi connectivity index (χ2v) is 3.96. The molecule has 0 radical (unpaired) electrons. The van der Waals surface area contributed by atoms with Crippen molar-refractivity contribution in [2.45, 2.75) is 39.2 Å². The Morgan fingerprint density at radius 2 is 2.06 bits per heavy atom. The van der Waals surface area contributed by atoms with Gasteiger partial charge in [0, 0.05) is 17.9 Å². The molecule has 1 rings (SSSR count). The van der Waals surface area contributed by atoms with Gasteiger partial charge in [0.1, 0.15) is 5.82 Å². The third-order valence-electron chi connectivity index (χ3n) is 2.50. The Balaban J connectivity index is 2.23. The molecule has 1 aromatic carbocycles. The lowest BCUT2D eigenvalue weighted by Gasteiger charge is -2.07. The number of benzene rings is 1. The zero-order valence-electron chi connectivity index (χ0n) is 9.84. The monoisotopic (exact) mass is 225 g/mol. The molecule has 0 aliphatic rings. The molecule has 0 aliphatic heterocycles. The molecular weight excluding hydrogens is 205 g/mol. The van der Waals surface area contributed by atoms with Crippen molar-refractivity contribution in [2.75, 3.05) is 12.3 Å². The van der Waals surface area contributed by atoms with Gasteiger partial charge in [-0.15, -0.1) is 0 Å². The van der Waals surface area contributed by atoms with Crippen LogP contribution >= 0.6 is 0 Å². The predicted octanol–water partition coefficient (Wildman–Crippen LogP) is 3.50. The highest BCUT2D eigenvalue weighted by Gasteiger charge is 2.01. The van der Waals surface area contributed by atoms with Gasteiger partial charge in [-0.05, 0) is 24.6 Å². The van der Waals surface area contributed by atoms with E-state index in [0.717, 1.165) is 18.6 Å². The number of hydrogen-bond acceptors (Lipinski definition) is 2. The molecule has 0 saturated heterocycles. The van der Waals surface area contributed by atoms with Crippen molar-refractivity contribution in [3.63, 3.8) is 0 Å². The van der Waals surface area contributed by atoms with Gasteiger partial charge in [-0.25, -0.2) is 4.39 Å². The van der Waals surface area contributed by atoms with Crippen LogP contribution in [0.2, 0.25) is 0 Å². The van der Waals surface area contributed by atoms with Crippen LogP contribution in [0.15, 0.2) is 18.2 Å². The summed E-state index contributed by atoms with van der Waals surface area (Å²) in [6.07, 6.45) is 4.71. The average molecular weight is 225 g/mol. The minimum Gasteiger partial charge on any atom is -0.398 e. The fourth-order valence-electron chi connectivity index (χ4n) is 1.51. The van der Waals surface area contributed by atoms with E-state index in [0.29, 0.717) is 12.3 Å². The van der Waals surface area contributed by atoms with Crippen molar-refractivity contribution < 1.29 is 9.13 Å². The lowest BCUT2D eigenvalue weighted by Crippen LogP contribution is -2.00. The SMILES string of the molecule is CCCCCCOCc1cc(F)ccc1N. The molecule has 0 saturated carbocycles. The van der Waals surface area contributed by atoms with Gasteiger partial charge in [-0.1, -0.05) is 26.2 Å². The number of rotatable bonds is 7. The largest absolute Gasteiger partial charge is 0.398 e. The number of nitrogen functional groups attached to an aromatic ring is 1. The highest BCUT2D eigenvalue weighted by atomic mass is 19.1. The molecular formula is C13H20FNO. The number of halogens is 1. The molecule has 1 aromatic rings. The maximum Gasteiger partial charge on any atom is 0.123 e. The van der Waals surface area contributed by atoms with E-state index in [1.165, 1.54) is 31.4 Å². The van der Waals surface area contributed by atoms with Gasteiger partial charge in [-0.3, -0.25) is 0 Å². The number of ether oxygens (including phenoxy) is 1. The van der Waals surface area contributed by atoms with Crippen LogP contribution in [-0.2, 0) is 11.3 Å². The van der Waals surface area contributed by atoms with Crippen molar-refractivity contribution in [1.29, 1.82) is 0 Å².